The molecule has 1 aromatic carbocycles. The van der Waals surface area contributed by atoms with Crippen LogP contribution in [0.25, 0.3) is 0 Å². The number of rotatable bonds is 6. The molecule has 0 bridgehead atoms. The summed E-state index contributed by atoms with van der Waals surface area (Å²) in [6, 6.07) is 7.60. The second-order valence-electron chi connectivity index (χ2n) is 3.73. The third-order valence-corrected chi connectivity index (χ3v) is 3.60. The minimum atomic E-state index is -0.909. The van der Waals surface area contributed by atoms with Crippen molar-refractivity contribution in [3.05, 3.63) is 34.3 Å². The number of carbonyl (C=O) groups excluding carboxylic acids is 1. The Bertz CT molecular complexity index is 439. The Kier molecular flexibility index (Phi) is 6.21. The van der Waals surface area contributed by atoms with Gasteiger partial charge in [-0.2, -0.15) is 0 Å². The first-order valence-electron chi connectivity index (χ1n) is 5.33. The van der Waals surface area contributed by atoms with Crippen LogP contribution in [-0.4, -0.2) is 28.5 Å². The fourth-order valence-corrected chi connectivity index (χ4v) is 2.34. The first kappa shape index (κ1) is 15.0. The van der Waals surface area contributed by atoms with Crippen molar-refractivity contribution in [3.63, 3.8) is 0 Å². The van der Waals surface area contributed by atoms with E-state index in [2.05, 4.69) is 21.2 Å². The SMILES string of the molecule is CC(NC(=O)CSCC(=O)O)c1cccc(Br)c1. The van der Waals surface area contributed by atoms with E-state index < -0.39 is 5.97 Å². The van der Waals surface area contributed by atoms with Crippen molar-refractivity contribution in [2.75, 3.05) is 11.5 Å². The molecule has 0 saturated heterocycles. The van der Waals surface area contributed by atoms with Crippen LogP contribution < -0.4 is 5.32 Å². The van der Waals surface area contributed by atoms with Crippen molar-refractivity contribution in [3.8, 4) is 0 Å². The molecule has 2 N–H and O–H groups in total. The molecule has 0 fully saturated rings. The molecule has 4 nitrogen and oxygen atoms in total. The molecule has 0 saturated carbocycles. The lowest BCUT2D eigenvalue weighted by atomic mass is 10.1. The number of amides is 1. The second-order valence-corrected chi connectivity index (χ2v) is 5.63. The molecule has 98 valence electrons. The summed E-state index contributed by atoms with van der Waals surface area (Å²) >= 11 is 4.46. The van der Waals surface area contributed by atoms with Crippen molar-refractivity contribution < 1.29 is 14.7 Å². The minimum absolute atomic E-state index is 0.0569. The lowest BCUT2D eigenvalue weighted by molar-refractivity contribution is -0.133. The van der Waals surface area contributed by atoms with Crippen molar-refractivity contribution in [1.29, 1.82) is 0 Å². The van der Waals surface area contributed by atoms with Gasteiger partial charge < -0.3 is 10.4 Å². The van der Waals surface area contributed by atoms with E-state index in [-0.39, 0.29) is 23.5 Å². The van der Waals surface area contributed by atoms with Crippen LogP contribution in [0.3, 0.4) is 0 Å². The van der Waals surface area contributed by atoms with Gasteiger partial charge in [-0.15, -0.1) is 11.8 Å². The average Bonchev–Trinajstić information content (AvgIpc) is 2.28. The number of carboxylic acids is 1. The third kappa shape index (κ3) is 5.55. The Balaban J connectivity index is 2.42. The Morgan fingerprint density at radius 3 is 2.78 bits per heavy atom. The number of nitrogens with one attached hydrogen (secondary N) is 1. The van der Waals surface area contributed by atoms with Gasteiger partial charge in [-0.3, -0.25) is 9.59 Å². The maximum Gasteiger partial charge on any atom is 0.313 e. The molecule has 0 aliphatic carbocycles. The molecule has 6 heteroatoms. The first-order chi connectivity index (χ1) is 8.49. The topological polar surface area (TPSA) is 66.4 Å². The summed E-state index contributed by atoms with van der Waals surface area (Å²) in [7, 11) is 0. The molecule has 18 heavy (non-hydrogen) atoms. The van der Waals surface area contributed by atoms with E-state index in [1.54, 1.807) is 0 Å². The summed E-state index contributed by atoms with van der Waals surface area (Å²) in [6.07, 6.45) is 0. The van der Waals surface area contributed by atoms with Gasteiger partial charge in [-0.1, -0.05) is 28.1 Å². The monoisotopic (exact) mass is 331 g/mol. The van der Waals surface area contributed by atoms with Crippen LogP contribution in [0.2, 0.25) is 0 Å². The fourth-order valence-electron chi connectivity index (χ4n) is 1.37. The highest BCUT2D eigenvalue weighted by atomic mass is 79.9. The molecule has 0 radical (unpaired) electrons. The van der Waals surface area contributed by atoms with Gasteiger partial charge in [0.1, 0.15) is 0 Å². The lowest BCUT2D eigenvalue weighted by Crippen LogP contribution is -2.28. The van der Waals surface area contributed by atoms with Crippen LogP contribution in [0.4, 0.5) is 0 Å². The van der Waals surface area contributed by atoms with Gasteiger partial charge >= 0.3 is 5.97 Å². The summed E-state index contributed by atoms with van der Waals surface area (Å²) < 4.78 is 0.960. The number of hydrogen-bond acceptors (Lipinski definition) is 3. The van der Waals surface area contributed by atoms with Gasteiger partial charge in [-0.05, 0) is 24.6 Å². The van der Waals surface area contributed by atoms with Crippen molar-refractivity contribution in [2.24, 2.45) is 0 Å². The molecule has 1 unspecified atom stereocenters. The average molecular weight is 332 g/mol. The summed E-state index contributed by atoms with van der Waals surface area (Å²) in [5.74, 6) is -0.967. The van der Waals surface area contributed by atoms with E-state index in [0.29, 0.717) is 0 Å². The van der Waals surface area contributed by atoms with E-state index in [0.717, 1.165) is 21.8 Å². The number of thioether (sulfide) groups is 1. The predicted octanol–water partition coefficient (Wildman–Crippen LogP) is 2.44. The van der Waals surface area contributed by atoms with Gasteiger partial charge in [-0.25, -0.2) is 0 Å². The molecule has 1 amide bonds. The zero-order valence-corrected chi connectivity index (χ0v) is 12.3. The molecule has 0 aliphatic rings. The number of carboxylic acid groups (broad SMARTS) is 1. The van der Waals surface area contributed by atoms with Crippen LogP contribution in [0, 0.1) is 0 Å². The Morgan fingerprint density at radius 1 is 1.44 bits per heavy atom. The van der Waals surface area contributed by atoms with E-state index in [9.17, 15) is 9.59 Å². The summed E-state index contributed by atoms with van der Waals surface area (Å²) in [5, 5.41) is 11.3. The lowest BCUT2D eigenvalue weighted by Gasteiger charge is -2.14. The number of carbonyl (C=O) groups is 2. The van der Waals surface area contributed by atoms with Gasteiger partial charge in [0.15, 0.2) is 0 Å². The molecular formula is C12H14BrNO3S. The molecule has 1 atom stereocenters. The van der Waals surface area contributed by atoms with Crippen LogP contribution >= 0.6 is 27.7 Å². The maximum atomic E-state index is 11.6. The van der Waals surface area contributed by atoms with Gasteiger partial charge in [0, 0.05) is 4.47 Å². The zero-order chi connectivity index (χ0) is 13.5. The highest BCUT2D eigenvalue weighted by molar-refractivity contribution is 9.10. The molecule has 0 aromatic heterocycles. The summed E-state index contributed by atoms with van der Waals surface area (Å²) in [4.78, 5) is 21.9. The Morgan fingerprint density at radius 2 is 2.17 bits per heavy atom. The number of halogens is 1. The first-order valence-corrected chi connectivity index (χ1v) is 7.28. The Labute approximate surface area is 118 Å². The van der Waals surface area contributed by atoms with Crippen molar-refractivity contribution in [1.82, 2.24) is 5.32 Å². The zero-order valence-electron chi connectivity index (χ0n) is 9.85. The van der Waals surface area contributed by atoms with Gasteiger partial charge in [0.2, 0.25) is 5.91 Å². The molecule has 0 spiro atoms. The molecular weight excluding hydrogens is 318 g/mol. The standard InChI is InChI=1S/C12H14BrNO3S/c1-8(9-3-2-4-10(13)5-9)14-11(15)6-18-7-12(16)17/h2-5,8H,6-7H2,1H3,(H,14,15)(H,16,17). The van der Waals surface area contributed by atoms with Gasteiger partial charge in [0.25, 0.3) is 0 Å². The fraction of sp³-hybridized carbons (Fsp3) is 0.333. The summed E-state index contributed by atoms with van der Waals surface area (Å²) in [6.45, 7) is 1.89. The highest BCUT2D eigenvalue weighted by Gasteiger charge is 2.10. The molecule has 1 aromatic rings. The molecule has 1 rings (SSSR count). The van der Waals surface area contributed by atoms with Crippen LogP contribution in [0.1, 0.15) is 18.5 Å². The van der Waals surface area contributed by atoms with Crippen molar-refractivity contribution in [2.45, 2.75) is 13.0 Å². The van der Waals surface area contributed by atoms with Crippen LogP contribution in [0.5, 0.6) is 0 Å². The predicted molar refractivity (Wildman–Crippen MR) is 75.7 cm³/mol. The van der Waals surface area contributed by atoms with E-state index in [4.69, 9.17) is 5.11 Å². The van der Waals surface area contributed by atoms with Gasteiger partial charge in [0.05, 0.1) is 17.5 Å². The maximum absolute atomic E-state index is 11.6. The normalized spacial score (nSPS) is 11.9. The molecule has 0 heterocycles. The second kappa shape index (κ2) is 7.43. The third-order valence-electron chi connectivity index (χ3n) is 2.18. The smallest absolute Gasteiger partial charge is 0.313 e. The summed E-state index contributed by atoms with van der Waals surface area (Å²) in [5.41, 5.74) is 1.00. The van der Waals surface area contributed by atoms with Crippen LogP contribution in [0.15, 0.2) is 28.7 Å². The minimum Gasteiger partial charge on any atom is -0.481 e. The highest BCUT2D eigenvalue weighted by Crippen LogP contribution is 2.17. The van der Waals surface area contributed by atoms with Crippen LogP contribution in [-0.2, 0) is 9.59 Å². The van der Waals surface area contributed by atoms with E-state index in [1.165, 1.54) is 0 Å². The quantitative estimate of drug-likeness (QED) is 0.840. The molecule has 0 aliphatic heterocycles. The number of aliphatic carboxylic acids is 1. The largest absolute Gasteiger partial charge is 0.481 e. The van der Waals surface area contributed by atoms with E-state index in [1.807, 2.05) is 31.2 Å². The Hall–Kier alpha value is -1.01. The number of benzene rings is 1. The van der Waals surface area contributed by atoms with Crippen molar-refractivity contribution >= 4 is 39.6 Å². The van der Waals surface area contributed by atoms with E-state index >= 15 is 0 Å². The number of hydrogen-bond donors (Lipinski definition) is 2.